The minimum Gasteiger partial charge on any atom is -0.324 e. The van der Waals surface area contributed by atoms with Crippen LogP contribution in [0.3, 0.4) is 0 Å². The Labute approximate surface area is 111 Å². The molecular formula is C16H26N2. The van der Waals surface area contributed by atoms with Crippen LogP contribution < -0.4 is 5.73 Å². The number of likely N-dealkylation sites (tertiary alicyclic amines) is 1. The standard InChI is InChI=1S/C16H26N2/c1-16(2,17)13-18-10-8-15(9-11-18)12-14-6-4-3-5-7-14/h3-7,15H,8-13,17H2,1-2H3. The van der Waals surface area contributed by atoms with E-state index in [0.29, 0.717) is 0 Å². The highest BCUT2D eigenvalue weighted by atomic mass is 15.1. The van der Waals surface area contributed by atoms with Crippen LogP contribution in [0.5, 0.6) is 0 Å². The van der Waals surface area contributed by atoms with Crippen LogP contribution in [0.4, 0.5) is 0 Å². The maximum Gasteiger partial charge on any atom is 0.0226 e. The number of benzene rings is 1. The molecule has 0 saturated carbocycles. The zero-order valence-electron chi connectivity index (χ0n) is 11.7. The number of nitrogens with zero attached hydrogens (tertiary/aromatic N) is 1. The molecule has 2 heteroatoms. The lowest BCUT2D eigenvalue weighted by atomic mass is 9.89. The van der Waals surface area contributed by atoms with Gasteiger partial charge in [-0.3, -0.25) is 0 Å². The molecule has 1 aliphatic rings. The number of hydrogen-bond donors (Lipinski definition) is 1. The SMILES string of the molecule is CC(C)(N)CN1CCC(Cc2ccccc2)CC1. The Morgan fingerprint density at radius 2 is 1.78 bits per heavy atom. The van der Waals surface area contributed by atoms with Gasteiger partial charge in [-0.05, 0) is 57.7 Å². The van der Waals surface area contributed by atoms with Crippen molar-refractivity contribution in [3.63, 3.8) is 0 Å². The van der Waals surface area contributed by atoms with E-state index in [1.54, 1.807) is 0 Å². The van der Waals surface area contributed by atoms with Crippen molar-refractivity contribution in [2.75, 3.05) is 19.6 Å². The molecule has 0 aliphatic carbocycles. The van der Waals surface area contributed by atoms with Gasteiger partial charge < -0.3 is 10.6 Å². The minimum absolute atomic E-state index is 0.0632. The summed E-state index contributed by atoms with van der Waals surface area (Å²) in [6, 6.07) is 10.9. The third kappa shape index (κ3) is 4.43. The van der Waals surface area contributed by atoms with Gasteiger partial charge in [-0.1, -0.05) is 30.3 Å². The average Bonchev–Trinajstić information content (AvgIpc) is 2.31. The molecule has 0 spiro atoms. The Hall–Kier alpha value is -0.860. The molecule has 0 amide bonds. The van der Waals surface area contributed by atoms with E-state index in [1.165, 1.54) is 37.9 Å². The fourth-order valence-electron chi connectivity index (χ4n) is 2.87. The average molecular weight is 246 g/mol. The van der Waals surface area contributed by atoms with E-state index in [0.717, 1.165) is 12.5 Å². The molecule has 1 aromatic carbocycles. The quantitative estimate of drug-likeness (QED) is 0.885. The molecule has 1 fully saturated rings. The molecule has 100 valence electrons. The Morgan fingerprint density at radius 1 is 1.17 bits per heavy atom. The first-order valence-electron chi connectivity index (χ1n) is 7.08. The summed E-state index contributed by atoms with van der Waals surface area (Å²) < 4.78 is 0. The van der Waals surface area contributed by atoms with Crippen LogP contribution in [-0.4, -0.2) is 30.1 Å². The Bertz CT molecular complexity index is 345. The van der Waals surface area contributed by atoms with Gasteiger partial charge in [0.05, 0.1) is 0 Å². The Balaban J connectivity index is 1.77. The minimum atomic E-state index is -0.0632. The first kappa shape index (κ1) is 13.6. The van der Waals surface area contributed by atoms with Crippen LogP contribution in [0.25, 0.3) is 0 Å². The molecule has 2 nitrogen and oxygen atoms in total. The first-order chi connectivity index (χ1) is 8.53. The van der Waals surface area contributed by atoms with Crippen molar-refractivity contribution in [3.05, 3.63) is 35.9 Å². The van der Waals surface area contributed by atoms with Gasteiger partial charge in [0.2, 0.25) is 0 Å². The highest BCUT2D eigenvalue weighted by Crippen LogP contribution is 2.22. The molecule has 1 heterocycles. The predicted molar refractivity (Wildman–Crippen MR) is 77.6 cm³/mol. The van der Waals surface area contributed by atoms with Crippen LogP contribution in [0.1, 0.15) is 32.3 Å². The topological polar surface area (TPSA) is 29.3 Å². The lowest BCUT2D eigenvalue weighted by Crippen LogP contribution is -2.48. The van der Waals surface area contributed by atoms with E-state index in [4.69, 9.17) is 5.73 Å². The Morgan fingerprint density at radius 3 is 2.33 bits per heavy atom. The summed E-state index contributed by atoms with van der Waals surface area (Å²) >= 11 is 0. The van der Waals surface area contributed by atoms with Crippen molar-refractivity contribution in [2.24, 2.45) is 11.7 Å². The van der Waals surface area contributed by atoms with E-state index in [1.807, 2.05) is 0 Å². The van der Waals surface area contributed by atoms with E-state index in [2.05, 4.69) is 49.1 Å². The summed E-state index contributed by atoms with van der Waals surface area (Å²) in [5, 5.41) is 0. The molecule has 2 rings (SSSR count). The van der Waals surface area contributed by atoms with E-state index >= 15 is 0 Å². The first-order valence-corrected chi connectivity index (χ1v) is 7.08. The van der Waals surface area contributed by atoms with Crippen LogP contribution in [-0.2, 0) is 6.42 Å². The molecular weight excluding hydrogens is 220 g/mol. The normalized spacial score (nSPS) is 19.1. The fraction of sp³-hybridized carbons (Fsp3) is 0.625. The smallest absolute Gasteiger partial charge is 0.0226 e. The highest BCUT2D eigenvalue weighted by molar-refractivity contribution is 5.15. The lowest BCUT2D eigenvalue weighted by Gasteiger charge is -2.35. The zero-order chi connectivity index (χ0) is 13.0. The van der Waals surface area contributed by atoms with E-state index in [9.17, 15) is 0 Å². The third-order valence-electron chi connectivity index (χ3n) is 3.71. The molecule has 0 bridgehead atoms. The molecule has 0 unspecified atom stereocenters. The monoisotopic (exact) mass is 246 g/mol. The van der Waals surface area contributed by atoms with Gasteiger partial charge in [0, 0.05) is 12.1 Å². The molecule has 0 atom stereocenters. The lowest BCUT2D eigenvalue weighted by molar-refractivity contribution is 0.157. The van der Waals surface area contributed by atoms with Gasteiger partial charge in [-0.2, -0.15) is 0 Å². The van der Waals surface area contributed by atoms with E-state index < -0.39 is 0 Å². The van der Waals surface area contributed by atoms with Gasteiger partial charge in [-0.25, -0.2) is 0 Å². The van der Waals surface area contributed by atoms with E-state index in [-0.39, 0.29) is 5.54 Å². The number of nitrogens with two attached hydrogens (primary N) is 1. The summed E-state index contributed by atoms with van der Waals surface area (Å²) in [5.74, 6) is 0.851. The van der Waals surface area contributed by atoms with Crippen molar-refractivity contribution in [2.45, 2.75) is 38.6 Å². The highest BCUT2D eigenvalue weighted by Gasteiger charge is 2.23. The van der Waals surface area contributed by atoms with Gasteiger partial charge in [-0.15, -0.1) is 0 Å². The second-order valence-corrected chi connectivity index (χ2v) is 6.40. The van der Waals surface area contributed by atoms with Crippen molar-refractivity contribution in [3.8, 4) is 0 Å². The number of piperidine rings is 1. The van der Waals surface area contributed by atoms with Gasteiger partial charge in [0.1, 0.15) is 0 Å². The molecule has 18 heavy (non-hydrogen) atoms. The summed E-state index contributed by atoms with van der Waals surface area (Å²) in [6.45, 7) is 7.66. The van der Waals surface area contributed by atoms with Crippen molar-refractivity contribution in [1.82, 2.24) is 4.90 Å². The third-order valence-corrected chi connectivity index (χ3v) is 3.71. The predicted octanol–water partition coefficient (Wildman–Crippen LogP) is 2.68. The second kappa shape index (κ2) is 5.85. The number of rotatable bonds is 4. The Kier molecular flexibility index (Phi) is 4.41. The zero-order valence-corrected chi connectivity index (χ0v) is 11.7. The summed E-state index contributed by atoms with van der Waals surface area (Å²) in [7, 11) is 0. The molecule has 1 aromatic rings. The maximum absolute atomic E-state index is 6.08. The maximum atomic E-state index is 6.08. The van der Waals surface area contributed by atoms with Crippen LogP contribution in [0.15, 0.2) is 30.3 Å². The number of hydrogen-bond acceptors (Lipinski definition) is 2. The van der Waals surface area contributed by atoms with Crippen LogP contribution in [0.2, 0.25) is 0 Å². The van der Waals surface area contributed by atoms with Crippen LogP contribution in [0, 0.1) is 5.92 Å². The van der Waals surface area contributed by atoms with Crippen molar-refractivity contribution < 1.29 is 0 Å². The fourth-order valence-corrected chi connectivity index (χ4v) is 2.87. The van der Waals surface area contributed by atoms with Crippen LogP contribution >= 0.6 is 0 Å². The van der Waals surface area contributed by atoms with Gasteiger partial charge >= 0.3 is 0 Å². The second-order valence-electron chi connectivity index (χ2n) is 6.40. The molecule has 1 saturated heterocycles. The molecule has 0 radical (unpaired) electrons. The summed E-state index contributed by atoms with van der Waals surface area (Å²) in [4.78, 5) is 2.52. The molecule has 2 N–H and O–H groups in total. The van der Waals surface area contributed by atoms with Crippen molar-refractivity contribution in [1.29, 1.82) is 0 Å². The molecule has 1 aliphatic heterocycles. The van der Waals surface area contributed by atoms with Gasteiger partial charge in [0.15, 0.2) is 0 Å². The van der Waals surface area contributed by atoms with Gasteiger partial charge in [0.25, 0.3) is 0 Å². The summed E-state index contributed by atoms with van der Waals surface area (Å²) in [5.41, 5.74) is 7.50. The summed E-state index contributed by atoms with van der Waals surface area (Å²) in [6.07, 6.45) is 3.86. The van der Waals surface area contributed by atoms with Crippen molar-refractivity contribution >= 4 is 0 Å². The molecule has 0 aromatic heterocycles. The largest absolute Gasteiger partial charge is 0.324 e.